The van der Waals surface area contributed by atoms with Crippen molar-refractivity contribution in [3.63, 3.8) is 0 Å². The van der Waals surface area contributed by atoms with E-state index in [4.69, 9.17) is 9.47 Å². The maximum atomic E-state index is 11.9. The van der Waals surface area contributed by atoms with Crippen LogP contribution in [0.1, 0.15) is 26.5 Å². The number of aromatic nitrogens is 1. The third-order valence-electron chi connectivity index (χ3n) is 2.27. The summed E-state index contributed by atoms with van der Waals surface area (Å²) in [4.78, 5) is 27.7. The smallest absolute Gasteiger partial charge is 0.329 e. The number of carbonyl (C=O) groups excluding carboxylic acids is 2. The van der Waals surface area contributed by atoms with Gasteiger partial charge in [0, 0.05) is 5.38 Å². The Labute approximate surface area is 104 Å². The number of hydrogen-bond acceptors (Lipinski definition) is 6. The predicted octanol–water partition coefficient (Wildman–Crippen LogP) is 1.33. The molecule has 1 aromatic rings. The molecule has 0 spiro atoms. The van der Waals surface area contributed by atoms with Crippen LogP contribution in [0.15, 0.2) is 5.38 Å². The van der Waals surface area contributed by atoms with Crippen molar-refractivity contribution in [2.75, 3.05) is 13.2 Å². The van der Waals surface area contributed by atoms with Crippen molar-refractivity contribution in [3.8, 4) is 0 Å². The van der Waals surface area contributed by atoms with Crippen LogP contribution >= 0.6 is 11.3 Å². The summed E-state index contributed by atoms with van der Waals surface area (Å²) >= 11 is 1.19. The topological polar surface area (TPSA) is 65.5 Å². The lowest BCUT2D eigenvalue weighted by Crippen LogP contribution is -2.43. The van der Waals surface area contributed by atoms with Gasteiger partial charge in [-0.1, -0.05) is 0 Å². The quantitative estimate of drug-likeness (QED) is 0.587. The Hall–Kier alpha value is -1.43. The second-order valence-corrected chi connectivity index (χ2v) is 4.04. The Kier molecular flexibility index (Phi) is 4.62. The fraction of sp³-hybridized carbons (Fsp3) is 0.545. The van der Waals surface area contributed by atoms with Crippen molar-refractivity contribution < 1.29 is 19.1 Å². The van der Waals surface area contributed by atoms with Gasteiger partial charge in [0.2, 0.25) is 5.41 Å². The summed E-state index contributed by atoms with van der Waals surface area (Å²) in [6.07, 6.45) is 0. The number of nitrogens with zero attached hydrogens (tertiary/aromatic N) is 1. The van der Waals surface area contributed by atoms with E-state index in [1.54, 1.807) is 19.2 Å². The van der Waals surface area contributed by atoms with E-state index in [1.165, 1.54) is 18.3 Å². The molecule has 0 unspecified atom stereocenters. The van der Waals surface area contributed by atoms with Crippen molar-refractivity contribution in [2.24, 2.45) is 0 Å². The summed E-state index contributed by atoms with van der Waals surface area (Å²) < 4.78 is 9.82. The van der Waals surface area contributed by atoms with E-state index in [-0.39, 0.29) is 13.2 Å². The van der Waals surface area contributed by atoms with Crippen molar-refractivity contribution in [2.45, 2.75) is 26.2 Å². The molecule has 0 fully saturated rings. The number of rotatable bonds is 5. The van der Waals surface area contributed by atoms with Gasteiger partial charge in [-0.3, -0.25) is 9.59 Å². The van der Waals surface area contributed by atoms with Crippen LogP contribution in [-0.4, -0.2) is 30.1 Å². The SMILES string of the molecule is CCOC(=O)C(C)(C(=O)OCC)c1cs[c]n1. The van der Waals surface area contributed by atoms with Crippen molar-refractivity contribution in [1.82, 2.24) is 4.98 Å². The molecule has 0 aliphatic carbocycles. The summed E-state index contributed by atoms with van der Waals surface area (Å²) in [6, 6.07) is 0. The van der Waals surface area contributed by atoms with Crippen LogP contribution in [0.5, 0.6) is 0 Å². The fourth-order valence-corrected chi connectivity index (χ4v) is 1.86. The molecule has 1 heterocycles. The average molecular weight is 256 g/mol. The molecule has 0 saturated carbocycles. The molecule has 6 heteroatoms. The third-order valence-corrected chi connectivity index (χ3v) is 2.81. The molecule has 0 saturated heterocycles. The van der Waals surface area contributed by atoms with Crippen LogP contribution in [0.25, 0.3) is 0 Å². The summed E-state index contributed by atoms with van der Waals surface area (Å²) in [5.74, 6) is -1.31. The molecule has 1 radical (unpaired) electrons. The highest BCUT2D eigenvalue weighted by molar-refractivity contribution is 7.07. The molecule has 0 aromatic carbocycles. The number of thiazole rings is 1. The van der Waals surface area contributed by atoms with Gasteiger partial charge in [0.1, 0.15) is 0 Å². The zero-order valence-corrected chi connectivity index (χ0v) is 10.8. The largest absolute Gasteiger partial charge is 0.465 e. The highest BCUT2D eigenvalue weighted by Crippen LogP contribution is 2.27. The minimum atomic E-state index is -1.51. The third kappa shape index (κ3) is 2.63. The Morgan fingerprint density at radius 1 is 1.35 bits per heavy atom. The minimum Gasteiger partial charge on any atom is -0.465 e. The molecule has 5 nitrogen and oxygen atoms in total. The molecule has 0 N–H and O–H groups in total. The first kappa shape index (κ1) is 13.6. The first-order valence-corrected chi connectivity index (χ1v) is 6.11. The zero-order valence-electron chi connectivity index (χ0n) is 9.98. The average Bonchev–Trinajstić information content (AvgIpc) is 2.82. The second-order valence-electron chi connectivity index (χ2n) is 3.39. The molecular weight excluding hydrogens is 242 g/mol. The van der Waals surface area contributed by atoms with E-state index in [0.717, 1.165) is 0 Å². The van der Waals surface area contributed by atoms with E-state index in [1.807, 2.05) is 0 Å². The van der Waals surface area contributed by atoms with Gasteiger partial charge in [-0.15, -0.1) is 11.3 Å². The Balaban J connectivity index is 3.09. The number of carbonyl (C=O) groups is 2. The number of hydrogen-bond donors (Lipinski definition) is 0. The van der Waals surface area contributed by atoms with Gasteiger partial charge in [-0.2, -0.15) is 0 Å². The van der Waals surface area contributed by atoms with E-state index in [0.29, 0.717) is 5.69 Å². The predicted molar refractivity (Wildman–Crippen MR) is 61.6 cm³/mol. The minimum absolute atomic E-state index is 0.196. The van der Waals surface area contributed by atoms with Crippen LogP contribution in [0.2, 0.25) is 0 Å². The van der Waals surface area contributed by atoms with Crippen LogP contribution in [-0.2, 0) is 24.5 Å². The maximum Gasteiger partial charge on any atom is 0.329 e. The van der Waals surface area contributed by atoms with Gasteiger partial charge in [-0.05, 0) is 20.8 Å². The standard InChI is InChI=1S/C11H14NO4S/c1-4-15-9(13)11(3,10(14)16-5-2)8-6-17-7-12-8/h6H,4-5H2,1-3H3. The van der Waals surface area contributed by atoms with Gasteiger partial charge in [0.25, 0.3) is 0 Å². The van der Waals surface area contributed by atoms with E-state index < -0.39 is 17.4 Å². The molecular formula is C11H14NO4S. The fourth-order valence-electron chi connectivity index (χ4n) is 1.26. The molecule has 0 amide bonds. The normalized spacial score (nSPS) is 11.0. The first-order chi connectivity index (χ1) is 8.07. The van der Waals surface area contributed by atoms with E-state index >= 15 is 0 Å². The molecule has 0 bridgehead atoms. The Bertz CT molecular complexity index is 370. The molecule has 1 aromatic heterocycles. The van der Waals surface area contributed by atoms with Crippen molar-refractivity contribution in [3.05, 3.63) is 16.6 Å². The van der Waals surface area contributed by atoms with Gasteiger partial charge in [-0.25, -0.2) is 4.98 Å². The maximum absolute atomic E-state index is 11.9. The highest BCUT2D eigenvalue weighted by atomic mass is 32.1. The molecule has 93 valence electrons. The first-order valence-electron chi connectivity index (χ1n) is 5.23. The lowest BCUT2D eigenvalue weighted by molar-refractivity contribution is -0.164. The molecule has 17 heavy (non-hydrogen) atoms. The van der Waals surface area contributed by atoms with E-state index in [9.17, 15) is 9.59 Å². The van der Waals surface area contributed by atoms with Crippen LogP contribution in [0.4, 0.5) is 0 Å². The summed E-state index contributed by atoms with van der Waals surface area (Å²) in [5, 5.41) is 1.59. The van der Waals surface area contributed by atoms with Crippen LogP contribution in [0, 0.1) is 5.51 Å². The summed E-state index contributed by atoms with van der Waals surface area (Å²) in [6.45, 7) is 5.20. The van der Waals surface area contributed by atoms with Gasteiger partial charge in [0.05, 0.1) is 18.9 Å². The lowest BCUT2D eigenvalue weighted by Gasteiger charge is -2.22. The molecule has 0 aliphatic rings. The van der Waals surface area contributed by atoms with Crippen molar-refractivity contribution in [1.29, 1.82) is 0 Å². The molecule has 1 rings (SSSR count). The molecule has 0 aliphatic heterocycles. The monoisotopic (exact) mass is 256 g/mol. The molecule has 0 atom stereocenters. The van der Waals surface area contributed by atoms with Crippen molar-refractivity contribution >= 4 is 23.3 Å². The summed E-state index contributed by atoms with van der Waals surface area (Å²) in [5.41, 5.74) is 1.40. The Morgan fingerprint density at radius 3 is 2.24 bits per heavy atom. The second kappa shape index (κ2) is 5.77. The van der Waals surface area contributed by atoms with Gasteiger partial charge < -0.3 is 9.47 Å². The zero-order chi connectivity index (χ0) is 12.9. The summed E-state index contributed by atoms with van der Waals surface area (Å²) in [7, 11) is 0. The highest BCUT2D eigenvalue weighted by Gasteiger charge is 2.47. The van der Waals surface area contributed by atoms with Gasteiger partial charge >= 0.3 is 11.9 Å². The number of esters is 2. The van der Waals surface area contributed by atoms with Gasteiger partial charge in [0.15, 0.2) is 5.51 Å². The van der Waals surface area contributed by atoms with Crippen LogP contribution < -0.4 is 0 Å². The van der Waals surface area contributed by atoms with E-state index in [2.05, 4.69) is 10.5 Å². The van der Waals surface area contributed by atoms with Crippen LogP contribution in [0.3, 0.4) is 0 Å². The number of ether oxygens (including phenoxy) is 2. The lowest BCUT2D eigenvalue weighted by atomic mass is 9.87. The Morgan fingerprint density at radius 2 is 1.88 bits per heavy atom.